The monoisotopic (exact) mass is 565 g/mol. The zero-order valence-corrected chi connectivity index (χ0v) is 19.8. The minimum Gasteiger partial charge on any atom is -0.492 e. The fraction of sp³-hybridized carbons (Fsp3) is 0.273. The van der Waals surface area contributed by atoms with Crippen LogP contribution >= 0.6 is 38.5 Å². The summed E-state index contributed by atoms with van der Waals surface area (Å²) in [5.74, 6) is 0.548. The van der Waals surface area contributed by atoms with E-state index in [0.717, 1.165) is 38.1 Å². The number of piperazine rings is 1. The first-order chi connectivity index (χ1) is 14.0. The summed E-state index contributed by atoms with van der Waals surface area (Å²) in [5, 5.41) is 9.58. The summed E-state index contributed by atoms with van der Waals surface area (Å²) in [5.41, 5.74) is 2.09. The smallest absolute Gasteiger partial charge is 0.264 e. The van der Waals surface area contributed by atoms with Gasteiger partial charge in [-0.15, -0.1) is 0 Å². The molecule has 29 heavy (non-hydrogen) atoms. The van der Waals surface area contributed by atoms with Gasteiger partial charge in [-0.25, -0.2) is 0 Å². The SMILES string of the molecule is CCOc1c(Br)cc(/C=C(/C#N)C(=O)N2CCN(c3ccccc3)CC2)cc1I. The molecule has 1 fully saturated rings. The number of halogens is 2. The number of carbonyl (C=O) groups excluding carboxylic acids is 1. The number of hydrogen-bond donors (Lipinski definition) is 0. The van der Waals surface area contributed by atoms with Crippen LogP contribution in [0.4, 0.5) is 5.69 Å². The van der Waals surface area contributed by atoms with Crippen LogP contribution < -0.4 is 9.64 Å². The molecule has 5 nitrogen and oxygen atoms in total. The number of benzene rings is 2. The molecule has 2 aromatic rings. The molecule has 0 N–H and O–H groups in total. The van der Waals surface area contributed by atoms with Gasteiger partial charge in [0.05, 0.1) is 14.6 Å². The molecule has 0 radical (unpaired) electrons. The van der Waals surface area contributed by atoms with Gasteiger partial charge in [0.25, 0.3) is 5.91 Å². The van der Waals surface area contributed by atoms with Crippen molar-refractivity contribution in [2.45, 2.75) is 6.92 Å². The van der Waals surface area contributed by atoms with Crippen LogP contribution in [0.15, 0.2) is 52.5 Å². The maximum absolute atomic E-state index is 12.9. The standard InChI is InChI=1S/C22H21BrIN3O2/c1-2-29-21-19(23)13-16(14-20(21)24)12-17(15-25)22(28)27-10-8-26(9-11-27)18-6-4-3-5-7-18/h3-7,12-14H,2,8-11H2,1H3/b17-12-. The van der Waals surface area contributed by atoms with Crippen molar-refractivity contribution in [3.8, 4) is 11.8 Å². The van der Waals surface area contributed by atoms with Crippen molar-refractivity contribution in [2.24, 2.45) is 0 Å². The van der Waals surface area contributed by atoms with Gasteiger partial charge in [-0.1, -0.05) is 18.2 Å². The first-order valence-electron chi connectivity index (χ1n) is 9.36. The summed E-state index contributed by atoms with van der Waals surface area (Å²) >= 11 is 5.70. The third-order valence-electron chi connectivity index (χ3n) is 4.66. The van der Waals surface area contributed by atoms with Crippen LogP contribution in [0.1, 0.15) is 12.5 Å². The molecule has 1 aliphatic rings. The highest BCUT2D eigenvalue weighted by atomic mass is 127. The third kappa shape index (κ3) is 5.31. The van der Waals surface area contributed by atoms with E-state index in [4.69, 9.17) is 4.74 Å². The van der Waals surface area contributed by atoms with Gasteiger partial charge in [-0.05, 0) is 81.3 Å². The molecule has 0 unspecified atom stereocenters. The molecule has 0 spiro atoms. The molecule has 0 aromatic heterocycles. The molecule has 1 aliphatic heterocycles. The first-order valence-corrected chi connectivity index (χ1v) is 11.2. The lowest BCUT2D eigenvalue weighted by Gasteiger charge is -2.36. The van der Waals surface area contributed by atoms with Crippen LogP contribution in [0.5, 0.6) is 5.75 Å². The Balaban J connectivity index is 1.72. The Morgan fingerprint density at radius 2 is 1.93 bits per heavy atom. The molecule has 1 amide bonds. The molecule has 150 valence electrons. The topological polar surface area (TPSA) is 56.6 Å². The number of nitriles is 1. The second-order valence-corrected chi connectivity index (χ2v) is 8.55. The largest absolute Gasteiger partial charge is 0.492 e. The molecule has 1 saturated heterocycles. The normalized spacial score (nSPS) is 14.5. The number of hydrogen-bond acceptors (Lipinski definition) is 4. The summed E-state index contributed by atoms with van der Waals surface area (Å²) in [6, 6.07) is 16.0. The van der Waals surface area contributed by atoms with Crippen molar-refractivity contribution in [1.82, 2.24) is 4.90 Å². The number of para-hydroxylation sites is 1. The zero-order chi connectivity index (χ0) is 20.8. The summed E-state index contributed by atoms with van der Waals surface area (Å²) in [6.45, 7) is 5.19. The van der Waals surface area contributed by atoms with E-state index in [1.807, 2.05) is 37.3 Å². The second-order valence-electron chi connectivity index (χ2n) is 6.53. The Morgan fingerprint density at radius 1 is 1.24 bits per heavy atom. The van der Waals surface area contributed by atoms with Crippen molar-refractivity contribution in [3.63, 3.8) is 0 Å². The predicted octanol–water partition coefficient (Wildman–Crippen LogP) is 4.71. The molecule has 2 aromatic carbocycles. The van der Waals surface area contributed by atoms with Crippen LogP contribution in [0.3, 0.4) is 0 Å². The second kappa shape index (κ2) is 10.1. The van der Waals surface area contributed by atoms with E-state index in [2.05, 4.69) is 61.6 Å². The molecular weight excluding hydrogens is 545 g/mol. The van der Waals surface area contributed by atoms with Crippen molar-refractivity contribution in [2.75, 3.05) is 37.7 Å². The van der Waals surface area contributed by atoms with E-state index in [1.165, 1.54) is 0 Å². The molecule has 7 heteroatoms. The quantitative estimate of drug-likeness (QED) is 0.299. The van der Waals surface area contributed by atoms with E-state index in [9.17, 15) is 10.1 Å². The lowest BCUT2D eigenvalue weighted by Crippen LogP contribution is -2.49. The number of anilines is 1. The van der Waals surface area contributed by atoms with Crippen LogP contribution in [-0.4, -0.2) is 43.6 Å². The summed E-state index contributed by atoms with van der Waals surface area (Å²) < 4.78 is 7.35. The molecular formula is C22H21BrIN3O2. The average Bonchev–Trinajstić information content (AvgIpc) is 2.75. The highest BCUT2D eigenvalue weighted by Crippen LogP contribution is 2.32. The number of nitrogens with zero attached hydrogens (tertiary/aromatic N) is 3. The van der Waals surface area contributed by atoms with Crippen LogP contribution in [0.25, 0.3) is 6.08 Å². The lowest BCUT2D eigenvalue weighted by molar-refractivity contribution is -0.126. The van der Waals surface area contributed by atoms with Gasteiger partial charge in [0.1, 0.15) is 17.4 Å². The van der Waals surface area contributed by atoms with Crippen molar-refractivity contribution in [1.29, 1.82) is 5.26 Å². The number of ether oxygens (including phenoxy) is 1. The van der Waals surface area contributed by atoms with E-state index in [-0.39, 0.29) is 11.5 Å². The molecule has 0 bridgehead atoms. The Morgan fingerprint density at radius 3 is 2.52 bits per heavy atom. The van der Waals surface area contributed by atoms with Gasteiger partial charge in [0.2, 0.25) is 0 Å². The van der Waals surface area contributed by atoms with Gasteiger partial charge in [0.15, 0.2) is 0 Å². The number of amides is 1. The Labute approximate surface area is 193 Å². The van der Waals surface area contributed by atoms with Crippen LogP contribution in [0, 0.1) is 14.9 Å². The van der Waals surface area contributed by atoms with Crippen LogP contribution in [0.2, 0.25) is 0 Å². The number of carbonyl (C=O) groups is 1. The fourth-order valence-corrected chi connectivity index (χ4v) is 5.00. The van der Waals surface area contributed by atoms with Gasteiger partial charge >= 0.3 is 0 Å². The van der Waals surface area contributed by atoms with E-state index < -0.39 is 0 Å². The summed E-state index contributed by atoms with van der Waals surface area (Å²) in [4.78, 5) is 16.9. The number of rotatable bonds is 5. The third-order valence-corrected chi connectivity index (χ3v) is 6.05. The van der Waals surface area contributed by atoms with E-state index in [0.29, 0.717) is 19.7 Å². The van der Waals surface area contributed by atoms with Gasteiger partial charge in [-0.2, -0.15) is 5.26 Å². The average molecular weight is 566 g/mol. The van der Waals surface area contributed by atoms with Crippen molar-refractivity contribution >= 4 is 56.2 Å². The fourth-order valence-electron chi connectivity index (χ4n) is 3.23. The van der Waals surface area contributed by atoms with Gasteiger partial charge in [-0.3, -0.25) is 4.79 Å². The summed E-state index contributed by atoms with van der Waals surface area (Å²) in [6.07, 6.45) is 1.65. The maximum atomic E-state index is 12.9. The predicted molar refractivity (Wildman–Crippen MR) is 127 cm³/mol. The van der Waals surface area contributed by atoms with Crippen LogP contribution in [-0.2, 0) is 4.79 Å². The van der Waals surface area contributed by atoms with Crippen molar-refractivity contribution in [3.05, 3.63) is 61.6 Å². The Kier molecular flexibility index (Phi) is 7.56. The highest BCUT2D eigenvalue weighted by Gasteiger charge is 2.24. The van der Waals surface area contributed by atoms with E-state index in [1.54, 1.807) is 11.0 Å². The minimum atomic E-state index is -0.222. The lowest BCUT2D eigenvalue weighted by atomic mass is 10.1. The Bertz CT molecular complexity index is 925. The van der Waals surface area contributed by atoms with Crippen molar-refractivity contribution < 1.29 is 9.53 Å². The first kappa shape index (κ1) is 21.7. The molecule has 0 aliphatic carbocycles. The minimum absolute atomic E-state index is 0.144. The molecule has 3 rings (SSSR count). The molecule has 0 atom stereocenters. The maximum Gasteiger partial charge on any atom is 0.264 e. The van der Waals surface area contributed by atoms with E-state index >= 15 is 0 Å². The molecule has 1 heterocycles. The summed E-state index contributed by atoms with van der Waals surface area (Å²) in [7, 11) is 0. The van der Waals surface area contributed by atoms with Gasteiger partial charge in [0, 0.05) is 31.9 Å². The highest BCUT2D eigenvalue weighted by molar-refractivity contribution is 14.1. The van der Waals surface area contributed by atoms with Gasteiger partial charge < -0.3 is 14.5 Å². The Hall–Kier alpha value is -2.05. The zero-order valence-electron chi connectivity index (χ0n) is 16.1. The molecule has 0 saturated carbocycles.